The molecule has 13 nitrogen and oxygen atoms in total. The van der Waals surface area contributed by atoms with E-state index in [1.54, 1.807) is 24.8 Å². The minimum Gasteiger partial charge on any atom is -0.467 e. The quantitative estimate of drug-likeness (QED) is 0.161. The van der Waals surface area contributed by atoms with Crippen LogP contribution < -0.4 is 4.74 Å². The highest BCUT2D eigenvalue weighted by Gasteiger charge is 2.43. The van der Waals surface area contributed by atoms with Crippen LogP contribution in [0.1, 0.15) is 44.9 Å². The van der Waals surface area contributed by atoms with Crippen molar-refractivity contribution in [2.45, 2.75) is 64.4 Å². The molecule has 0 saturated carbocycles. The Balaban J connectivity index is 1.33. The van der Waals surface area contributed by atoms with Crippen LogP contribution in [0.15, 0.2) is 54.7 Å². The van der Waals surface area contributed by atoms with Crippen molar-refractivity contribution >= 4 is 29.1 Å². The van der Waals surface area contributed by atoms with Crippen LogP contribution in [0.25, 0.3) is 22.2 Å². The highest BCUT2D eigenvalue weighted by atomic mass is 19.1. The monoisotopic (exact) mass is 676 g/mol. The molecule has 0 bridgehead atoms. The first-order chi connectivity index (χ1) is 23.3. The summed E-state index contributed by atoms with van der Waals surface area (Å²) < 4.78 is 38.6. The number of carbonyl (C=O) groups is 3. The van der Waals surface area contributed by atoms with E-state index in [0.717, 1.165) is 11.3 Å². The van der Waals surface area contributed by atoms with E-state index in [1.807, 2.05) is 51.1 Å². The minimum atomic E-state index is -0.920. The Morgan fingerprint density at radius 1 is 1.10 bits per heavy atom. The van der Waals surface area contributed by atoms with Gasteiger partial charge in [0.15, 0.2) is 0 Å². The molecule has 4 aromatic rings. The van der Waals surface area contributed by atoms with Crippen LogP contribution in [0.3, 0.4) is 0 Å². The van der Waals surface area contributed by atoms with Gasteiger partial charge in [-0.3, -0.25) is 9.58 Å². The van der Waals surface area contributed by atoms with E-state index in [9.17, 15) is 18.8 Å². The lowest BCUT2D eigenvalue weighted by molar-refractivity contribution is -0.145. The van der Waals surface area contributed by atoms with Gasteiger partial charge in [-0.2, -0.15) is 10.1 Å². The van der Waals surface area contributed by atoms with E-state index >= 15 is 0 Å². The van der Waals surface area contributed by atoms with Crippen molar-refractivity contribution in [1.82, 2.24) is 29.5 Å². The predicted molar refractivity (Wildman–Crippen MR) is 177 cm³/mol. The van der Waals surface area contributed by atoms with E-state index in [4.69, 9.17) is 18.9 Å². The highest BCUT2D eigenvalue weighted by molar-refractivity contribution is 5.96. The van der Waals surface area contributed by atoms with Gasteiger partial charge >= 0.3 is 24.2 Å². The van der Waals surface area contributed by atoms with E-state index in [0.29, 0.717) is 41.5 Å². The number of likely N-dealkylation sites (tertiary alicyclic amines) is 1. The molecule has 0 radical (unpaired) electrons. The summed E-state index contributed by atoms with van der Waals surface area (Å²) in [7, 11) is 4.73. The molecular weight excluding hydrogens is 635 g/mol. The van der Waals surface area contributed by atoms with Crippen molar-refractivity contribution in [2.24, 2.45) is 7.05 Å². The topological polar surface area (TPSA) is 138 Å². The van der Waals surface area contributed by atoms with Crippen LogP contribution in [0.4, 0.5) is 14.0 Å². The number of rotatable bonds is 10. The van der Waals surface area contributed by atoms with E-state index in [2.05, 4.69) is 15.1 Å². The molecule has 0 N–H and O–H groups in total. The predicted octanol–water partition coefficient (Wildman–Crippen LogP) is 5.30. The number of aromatic nitrogens is 4. The largest absolute Gasteiger partial charge is 0.467 e. The first-order valence-corrected chi connectivity index (χ1v) is 16.0. The second-order valence-electron chi connectivity index (χ2n) is 12.9. The molecule has 260 valence electrons. The SMILES string of the molecule is COC(=O)[C@@H]1C[C@H](Oc2nccc(-c3cc(F)cc4nn(C)c(CCCN(C)C(=O)OC(C)(C)C)c34)n2)CN1C(=O)OCc1ccccc1. The number of carbonyl (C=O) groups excluding carboxylic acids is 3. The maximum absolute atomic E-state index is 14.9. The molecule has 0 spiro atoms. The second kappa shape index (κ2) is 14.9. The number of nitrogens with zero attached hydrogens (tertiary/aromatic N) is 6. The summed E-state index contributed by atoms with van der Waals surface area (Å²) >= 11 is 0. The van der Waals surface area contributed by atoms with Gasteiger partial charge in [0.1, 0.15) is 30.2 Å². The molecule has 1 aliphatic heterocycles. The molecular formula is C35H41FN6O7. The maximum atomic E-state index is 14.9. The second-order valence-corrected chi connectivity index (χ2v) is 12.9. The standard InChI is InChI=1S/C35H41FN6O7/c1-35(2,3)49-33(44)40(4)16-10-13-28-30-25(17-23(36)18-27(30)39-41(28)5)26-14-15-37-32(38-26)48-24-19-29(31(43)46-6)42(20-24)34(45)47-21-22-11-8-7-9-12-22/h7-9,11-12,14-15,17-18,24,29H,10,13,16,19-21H2,1-6H3/t24-,29-/m0/s1. The molecule has 5 rings (SSSR count). The molecule has 2 atom stereocenters. The Labute approximate surface area is 283 Å². The number of halogens is 1. The Morgan fingerprint density at radius 3 is 2.57 bits per heavy atom. The van der Waals surface area contributed by atoms with Crippen molar-refractivity contribution < 1.29 is 37.7 Å². The zero-order chi connectivity index (χ0) is 35.3. The zero-order valence-electron chi connectivity index (χ0n) is 28.5. The first kappa shape index (κ1) is 35.0. The van der Waals surface area contributed by atoms with Gasteiger partial charge in [0.05, 0.1) is 24.9 Å². The number of amides is 2. The maximum Gasteiger partial charge on any atom is 0.410 e. The molecule has 14 heteroatoms. The fraction of sp³-hybridized carbons (Fsp3) is 0.429. The summed E-state index contributed by atoms with van der Waals surface area (Å²) in [6.45, 7) is 5.97. The average molecular weight is 677 g/mol. The average Bonchev–Trinajstić information content (AvgIpc) is 3.62. The Kier molecular flexibility index (Phi) is 10.6. The molecule has 2 aromatic heterocycles. The van der Waals surface area contributed by atoms with Crippen molar-refractivity contribution in [2.75, 3.05) is 27.2 Å². The van der Waals surface area contributed by atoms with Crippen molar-refractivity contribution in [3.63, 3.8) is 0 Å². The van der Waals surface area contributed by atoms with Gasteiger partial charge in [-0.15, -0.1) is 0 Å². The van der Waals surface area contributed by atoms with E-state index < -0.39 is 41.7 Å². The summed E-state index contributed by atoms with van der Waals surface area (Å²) in [4.78, 5) is 49.7. The van der Waals surface area contributed by atoms with Gasteiger partial charge in [0.25, 0.3) is 0 Å². The van der Waals surface area contributed by atoms with Crippen LogP contribution >= 0.6 is 0 Å². The number of esters is 1. The summed E-state index contributed by atoms with van der Waals surface area (Å²) in [5, 5.41) is 5.26. The molecule has 49 heavy (non-hydrogen) atoms. The zero-order valence-corrected chi connectivity index (χ0v) is 28.5. The third-order valence-electron chi connectivity index (χ3n) is 7.99. The smallest absolute Gasteiger partial charge is 0.410 e. The number of ether oxygens (including phenoxy) is 4. The third kappa shape index (κ3) is 8.61. The highest BCUT2D eigenvalue weighted by Crippen LogP contribution is 2.33. The van der Waals surface area contributed by atoms with Gasteiger partial charge in [-0.1, -0.05) is 30.3 Å². The first-order valence-electron chi connectivity index (χ1n) is 16.0. The Bertz CT molecular complexity index is 1810. The number of hydrogen-bond acceptors (Lipinski definition) is 10. The fourth-order valence-corrected chi connectivity index (χ4v) is 5.70. The summed E-state index contributed by atoms with van der Waals surface area (Å²) in [5.74, 6) is -1.08. The van der Waals surface area contributed by atoms with Gasteiger partial charge in [0.2, 0.25) is 0 Å². The van der Waals surface area contributed by atoms with Crippen LogP contribution in [-0.2, 0) is 39.1 Å². The minimum absolute atomic E-state index is 0.00699. The molecule has 1 saturated heterocycles. The molecule has 0 unspecified atom stereocenters. The normalized spacial score (nSPS) is 16.0. The van der Waals surface area contributed by atoms with Crippen molar-refractivity contribution in [3.05, 3.63) is 71.8 Å². The lowest BCUT2D eigenvalue weighted by Crippen LogP contribution is -2.41. The molecule has 3 heterocycles. The number of benzene rings is 2. The number of hydrogen-bond donors (Lipinski definition) is 0. The van der Waals surface area contributed by atoms with Gasteiger partial charge in [-0.05, 0) is 51.3 Å². The van der Waals surface area contributed by atoms with E-state index in [1.165, 1.54) is 35.2 Å². The number of fused-ring (bicyclic) bond motifs is 1. The summed E-state index contributed by atoms with van der Waals surface area (Å²) in [6.07, 6.45) is 1.04. The molecule has 1 aliphatic rings. The van der Waals surface area contributed by atoms with Crippen LogP contribution in [0.5, 0.6) is 6.01 Å². The molecule has 2 aromatic carbocycles. The van der Waals surface area contributed by atoms with Crippen molar-refractivity contribution in [3.8, 4) is 17.3 Å². The Morgan fingerprint density at radius 2 is 1.86 bits per heavy atom. The lowest BCUT2D eigenvalue weighted by atomic mass is 10.0. The van der Waals surface area contributed by atoms with Crippen LogP contribution in [-0.4, -0.2) is 92.7 Å². The van der Waals surface area contributed by atoms with Crippen LogP contribution in [0.2, 0.25) is 0 Å². The van der Waals surface area contributed by atoms with Gasteiger partial charge in [0, 0.05) is 56.0 Å². The van der Waals surface area contributed by atoms with E-state index in [-0.39, 0.29) is 25.6 Å². The van der Waals surface area contributed by atoms with Crippen molar-refractivity contribution in [1.29, 1.82) is 0 Å². The molecule has 1 fully saturated rings. The van der Waals surface area contributed by atoms with Gasteiger partial charge < -0.3 is 23.8 Å². The summed E-state index contributed by atoms with van der Waals surface area (Å²) in [6, 6.07) is 12.7. The molecule has 0 aliphatic carbocycles. The third-order valence-corrected chi connectivity index (χ3v) is 7.99. The lowest BCUT2D eigenvalue weighted by Gasteiger charge is -2.24. The van der Waals surface area contributed by atoms with Gasteiger partial charge in [-0.25, -0.2) is 23.8 Å². The molecule has 2 amide bonds. The summed E-state index contributed by atoms with van der Waals surface area (Å²) in [5.41, 5.74) is 2.39. The fourth-order valence-electron chi connectivity index (χ4n) is 5.70. The Hall–Kier alpha value is -5.27. The number of methoxy groups -OCH3 is 1. The number of aryl methyl sites for hydroxylation is 2. The van der Waals surface area contributed by atoms with Crippen LogP contribution in [0, 0.1) is 5.82 Å².